The number of nitrogens with one attached hydrogen (secondary N) is 1. The fourth-order valence-electron chi connectivity index (χ4n) is 3.67. The number of pyridine rings is 1. The molecule has 4 rings (SSSR count). The number of aromatic nitrogens is 1. The number of hydrogen-bond acceptors (Lipinski definition) is 6. The number of benzene rings is 3. The molecule has 7 nitrogen and oxygen atoms in total. The molecule has 1 heterocycles. The number of carbonyl (C=O) groups excluding carboxylic acids is 2. The molecule has 4 aromatic rings. The minimum Gasteiger partial charge on any atom is -0.493 e. The van der Waals surface area contributed by atoms with E-state index in [4.69, 9.17) is 19.2 Å². The van der Waals surface area contributed by atoms with E-state index in [0.29, 0.717) is 46.1 Å². The summed E-state index contributed by atoms with van der Waals surface area (Å²) in [6.45, 7) is 2.31. The number of nitrogens with zero attached hydrogens (tertiary/aromatic N) is 1. The number of ether oxygens (including phenoxy) is 3. The smallest absolute Gasteiger partial charge is 0.338 e. The summed E-state index contributed by atoms with van der Waals surface area (Å²) in [6, 6.07) is 21.4. The van der Waals surface area contributed by atoms with Gasteiger partial charge in [-0.15, -0.1) is 0 Å². The molecule has 3 aromatic carbocycles. The highest BCUT2D eigenvalue weighted by Crippen LogP contribution is 2.33. The van der Waals surface area contributed by atoms with Crippen LogP contribution in [0, 0.1) is 0 Å². The van der Waals surface area contributed by atoms with Gasteiger partial charge in [-0.25, -0.2) is 9.78 Å². The Morgan fingerprint density at radius 3 is 2.34 bits per heavy atom. The molecule has 1 aromatic heterocycles. The Morgan fingerprint density at radius 2 is 1.63 bits per heavy atom. The van der Waals surface area contributed by atoms with Crippen LogP contribution in [0.5, 0.6) is 11.5 Å². The van der Waals surface area contributed by atoms with E-state index in [-0.39, 0.29) is 11.9 Å². The van der Waals surface area contributed by atoms with E-state index in [1.165, 1.54) is 0 Å². The van der Waals surface area contributed by atoms with Crippen LogP contribution in [-0.2, 0) is 4.74 Å². The second-order valence-electron chi connectivity index (χ2n) is 7.81. The third kappa shape index (κ3) is 5.24. The lowest BCUT2D eigenvalue weighted by Gasteiger charge is -2.13. The monoisotopic (exact) mass is 470 g/mol. The lowest BCUT2D eigenvalue weighted by atomic mass is 10.0. The van der Waals surface area contributed by atoms with Gasteiger partial charge >= 0.3 is 5.97 Å². The third-order valence-electron chi connectivity index (χ3n) is 5.46. The standard InChI is InChI=1S/C28H26N2O5/c1-4-15-35-28(32)18-9-12-20(13-10-18)29-27(31)22-17-24(30-23-8-6-5-7-21(22)23)19-11-14-25(33-2)26(16-19)34-3/h5-14,16-17H,4,15H2,1-3H3,(H,29,31). The lowest BCUT2D eigenvalue weighted by molar-refractivity contribution is 0.0505. The molecule has 35 heavy (non-hydrogen) atoms. The number of anilines is 1. The van der Waals surface area contributed by atoms with Gasteiger partial charge in [-0.2, -0.15) is 0 Å². The van der Waals surface area contributed by atoms with E-state index >= 15 is 0 Å². The lowest BCUT2D eigenvalue weighted by Crippen LogP contribution is -2.13. The Morgan fingerprint density at radius 1 is 0.886 bits per heavy atom. The summed E-state index contributed by atoms with van der Waals surface area (Å²) < 4.78 is 15.9. The number of esters is 1. The quantitative estimate of drug-likeness (QED) is 0.331. The average Bonchev–Trinajstić information content (AvgIpc) is 2.90. The third-order valence-corrected chi connectivity index (χ3v) is 5.46. The molecule has 178 valence electrons. The maximum absolute atomic E-state index is 13.3. The van der Waals surface area contributed by atoms with Gasteiger partial charge in [-0.1, -0.05) is 25.1 Å². The maximum atomic E-state index is 13.3. The molecular formula is C28H26N2O5. The van der Waals surface area contributed by atoms with E-state index in [1.807, 2.05) is 43.3 Å². The Kier molecular flexibility index (Phi) is 7.26. The van der Waals surface area contributed by atoms with Gasteiger partial charge in [0.15, 0.2) is 11.5 Å². The molecule has 0 aliphatic heterocycles. The summed E-state index contributed by atoms with van der Waals surface area (Å²) in [5.41, 5.74) is 3.59. The van der Waals surface area contributed by atoms with Crippen molar-refractivity contribution in [1.29, 1.82) is 0 Å². The Labute approximate surface area is 203 Å². The van der Waals surface area contributed by atoms with Gasteiger partial charge in [0.2, 0.25) is 0 Å². The Bertz CT molecular complexity index is 1370. The first-order valence-electron chi connectivity index (χ1n) is 11.2. The zero-order valence-corrected chi connectivity index (χ0v) is 19.8. The molecule has 0 bridgehead atoms. The van der Waals surface area contributed by atoms with Crippen LogP contribution in [0.4, 0.5) is 5.69 Å². The summed E-state index contributed by atoms with van der Waals surface area (Å²) in [5.74, 6) is 0.511. The molecule has 1 amide bonds. The highest BCUT2D eigenvalue weighted by molar-refractivity contribution is 6.13. The van der Waals surface area contributed by atoms with Crippen molar-refractivity contribution in [1.82, 2.24) is 4.98 Å². The van der Waals surface area contributed by atoms with Crippen molar-refractivity contribution in [2.45, 2.75) is 13.3 Å². The average molecular weight is 471 g/mol. The number of methoxy groups -OCH3 is 2. The minimum absolute atomic E-state index is 0.286. The van der Waals surface area contributed by atoms with Crippen LogP contribution in [0.25, 0.3) is 22.2 Å². The topological polar surface area (TPSA) is 86.8 Å². The zero-order chi connectivity index (χ0) is 24.8. The van der Waals surface area contributed by atoms with Crippen LogP contribution >= 0.6 is 0 Å². The molecule has 0 aliphatic rings. The Balaban J connectivity index is 1.66. The fourth-order valence-corrected chi connectivity index (χ4v) is 3.67. The largest absolute Gasteiger partial charge is 0.493 e. The number of carbonyl (C=O) groups is 2. The molecule has 0 fully saturated rings. The van der Waals surface area contributed by atoms with Crippen molar-refractivity contribution in [3.63, 3.8) is 0 Å². The molecule has 0 spiro atoms. The first kappa shape index (κ1) is 23.8. The number of fused-ring (bicyclic) bond motifs is 1. The van der Waals surface area contributed by atoms with Gasteiger partial charge in [0.1, 0.15) is 0 Å². The van der Waals surface area contributed by atoms with Crippen LogP contribution in [0.1, 0.15) is 34.1 Å². The fraction of sp³-hybridized carbons (Fsp3) is 0.179. The highest BCUT2D eigenvalue weighted by Gasteiger charge is 2.16. The normalized spacial score (nSPS) is 10.6. The van der Waals surface area contributed by atoms with Gasteiger partial charge in [0, 0.05) is 16.6 Å². The summed E-state index contributed by atoms with van der Waals surface area (Å²) in [7, 11) is 3.15. The summed E-state index contributed by atoms with van der Waals surface area (Å²) in [4.78, 5) is 30.1. The van der Waals surface area contributed by atoms with E-state index in [2.05, 4.69) is 5.32 Å². The molecule has 0 saturated heterocycles. The SMILES string of the molecule is CCCOC(=O)c1ccc(NC(=O)c2cc(-c3ccc(OC)c(OC)c3)nc3ccccc23)cc1. The zero-order valence-electron chi connectivity index (χ0n) is 19.8. The highest BCUT2D eigenvalue weighted by atomic mass is 16.5. The number of para-hydroxylation sites is 1. The van der Waals surface area contributed by atoms with Crippen molar-refractivity contribution in [3.05, 3.63) is 83.9 Å². The van der Waals surface area contributed by atoms with Crippen molar-refractivity contribution in [3.8, 4) is 22.8 Å². The predicted octanol–water partition coefficient (Wildman–Crippen LogP) is 5.74. The van der Waals surface area contributed by atoms with E-state index < -0.39 is 0 Å². The van der Waals surface area contributed by atoms with Gasteiger partial charge in [-0.05, 0) is 61.0 Å². The first-order chi connectivity index (χ1) is 17.0. The van der Waals surface area contributed by atoms with Crippen molar-refractivity contribution >= 4 is 28.5 Å². The maximum Gasteiger partial charge on any atom is 0.338 e. The van der Waals surface area contributed by atoms with Gasteiger partial charge in [0.25, 0.3) is 5.91 Å². The van der Waals surface area contributed by atoms with Gasteiger partial charge in [0.05, 0.1) is 43.2 Å². The second kappa shape index (κ2) is 10.7. The van der Waals surface area contributed by atoms with Crippen LogP contribution < -0.4 is 14.8 Å². The van der Waals surface area contributed by atoms with E-state index in [9.17, 15) is 9.59 Å². The van der Waals surface area contributed by atoms with Crippen LogP contribution in [-0.4, -0.2) is 37.7 Å². The summed E-state index contributed by atoms with van der Waals surface area (Å²) >= 11 is 0. The van der Waals surface area contributed by atoms with Crippen molar-refractivity contribution in [2.75, 3.05) is 26.1 Å². The minimum atomic E-state index is -0.385. The van der Waals surface area contributed by atoms with Crippen LogP contribution in [0.2, 0.25) is 0 Å². The second-order valence-corrected chi connectivity index (χ2v) is 7.81. The molecule has 0 saturated carbocycles. The number of amides is 1. The first-order valence-corrected chi connectivity index (χ1v) is 11.2. The molecule has 0 unspecified atom stereocenters. The molecule has 7 heteroatoms. The number of hydrogen-bond donors (Lipinski definition) is 1. The number of rotatable bonds is 8. The predicted molar refractivity (Wildman–Crippen MR) is 135 cm³/mol. The molecule has 1 N–H and O–H groups in total. The van der Waals surface area contributed by atoms with Gasteiger partial charge < -0.3 is 19.5 Å². The summed E-state index contributed by atoms with van der Waals surface area (Å²) in [5, 5.41) is 3.65. The molecule has 0 aliphatic carbocycles. The molecule has 0 radical (unpaired) electrons. The van der Waals surface area contributed by atoms with Crippen LogP contribution in [0.15, 0.2) is 72.8 Å². The summed E-state index contributed by atoms with van der Waals surface area (Å²) in [6.07, 6.45) is 0.755. The molecule has 0 atom stereocenters. The Hall–Kier alpha value is -4.39. The van der Waals surface area contributed by atoms with E-state index in [1.54, 1.807) is 50.6 Å². The molecular weight excluding hydrogens is 444 g/mol. The van der Waals surface area contributed by atoms with Crippen molar-refractivity contribution < 1.29 is 23.8 Å². The van der Waals surface area contributed by atoms with Crippen LogP contribution in [0.3, 0.4) is 0 Å². The van der Waals surface area contributed by atoms with E-state index in [0.717, 1.165) is 17.4 Å². The van der Waals surface area contributed by atoms with Gasteiger partial charge in [-0.3, -0.25) is 4.79 Å². The van der Waals surface area contributed by atoms with Crippen molar-refractivity contribution in [2.24, 2.45) is 0 Å².